The molecule has 0 unspecified atom stereocenters. The Morgan fingerprint density at radius 2 is 2.11 bits per heavy atom. The zero-order valence-electron chi connectivity index (χ0n) is 10.9. The van der Waals surface area contributed by atoms with E-state index in [0.29, 0.717) is 24.6 Å². The minimum Gasteiger partial charge on any atom is -0.481 e. The van der Waals surface area contributed by atoms with Crippen molar-refractivity contribution in [3.05, 3.63) is 17.8 Å². The number of unbranched alkanes of at least 4 members (excludes halogenated alkanes) is 2. The highest BCUT2D eigenvalue weighted by molar-refractivity contribution is 5.73. The molecule has 7 nitrogen and oxygen atoms in total. The van der Waals surface area contributed by atoms with Gasteiger partial charge in [0.15, 0.2) is 0 Å². The molecule has 0 aromatic carbocycles. The van der Waals surface area contributed by atoms with E-state index in [9.17, 15) is 9.59 Å². The van der Waals surface area contributed by atoms with Crippen LogP contribution in [0.25, 0.3) is 0 Å². The van der Waals surface area contributed by atoms with Crippen molar-refractivity contribution in [1.82, 2.24) is 15.6 Å². The molecule has 0 aliphatic heterocycles. The SMILES string of the molecule is Cc1cnc(CNC(=O)NCCCCCC(=O)O)o1. The third-order valence-electron chi connectivity index (χ3n) is 2.42. The number of carboxylic acid groups (broad SMARTS) is 1. The molecule has 0 atom stereocenters. The van der Waals surface area contributed by atoms with Gasteiger partial charge in [0.2, 0.25) is 5.89 Å². The van der Waals surface area contributed by atoms with Crippen molar-refractivity contribution < 1.29 is 19.1 Å². The van der Waals surface area contributed by atoms with E-state index in [-0.39, 0.29) is 19.0 Å². The third-order valence-corrected chi connectivity index (χ3v) is 2.42. The van der Waals surface area contributed by atoms with Gasteiger partial charge in [-0.1, -0.05) is 6.42 Å². The van der Waals surface area contributed by atoms with Crippen LogP contribution < -0.4 is 10.6 Å². The Labute approximate surface area is 111 Å². The summed E-state index contributed by atoms with van der Waals surface area (Å²) in [7, 11) is 0. The summed E-state index contributed by atoms with van der Waals surface area (Å²) >= 11 is 0. The van der Waals surface area contributed by atoms with Gasteiger partial charge < -0.3 is 20.2 Å². The fourth-order valence-corrected chi connectivity index (χ4v) is 1.48. The van der Waals surface area contributed by atoms with Gasteiger partial charge in [0.25, 0.3) is 0 Å². The van der Waals surface area contributed by atoms with Crippen molar-refractivity contribution in [1.29, 1.82) is 0 Å². The van der Waals surface area contributed by atoms with Crippen LogP contribution in [0, 0.1) is 6.92 Å². The Morgan fingerprint density at radius 3 is 2.74 bits per heavy atom. The van der Waals surface area contributed by atoms with Crippen LogP contribution in [0.4, 0.5) is 4.79 Å². The summed E-state index contributed by atoms with van der Waals surface area (Å²) in [5.74, 6) is 0.386. The van der Waals surface area contributed by atoms with Gasteiger partial charge in [-0.2, -0.15) is 0 Å². The van der Waals surface area contributed by atoms with Crippen LogP contribution in [0.2, 0.25) is 0 Å². The Hall–Kier alpha value is -2.05. The van der Waals surface area contributed by atoms with Crippen molar-refractivity contribution in [2.75, 3.05) is 6.54 Å². The highest BCUT2D eigenvalue weighted by Gasteiger charge is 2.03. The molecule has 1 heterocycles. The second-order valence-electron chi connectivity index (χ2n) is 4.18. The minimum absolute atomic E-state index is 0.176. The topological polar surface area (TPSA) is 104 Å². The predicted octanol–water partition coefficient (Wildman–Crippen LogP) is 1.43. The maximum absolute atomic E-state index is 11.4. The fourth-order valence-electron chi connectivity index (χ4n) is 1.48. The summed E-state index contributed by atoms with van der Waals surface area (Å²) < 4.78 is 5.20. The smallest absolute Gasteiger partial charge is 0.315 e. The normalized spacial score (nSPS) is 10.2. The van der Waals surface area contributed by atoms with Crippen LogP contribution in [0.5, 0.6) is 0 Å². The zero-order chi connectivity index (χ0) is 14.1. The number of nitrogens with zero attached hydrogens (tertiary/aromatic N) is 1. The molecule has 0 saturated heterocycles. The first-order valence-electron chi connectivity index (χ1n) is 6.22. The van der Waals surface area contributed by atoms with Crippen molar-refractivity contribution in [3.63, 3.8) is 0 Å². The molecule has 1 rings (SSSR count). The van der Waals surface area contributed by atoms with E-state index in [1.54, 1.807) is 13.1 Å². The van der Waals surface area contributed by atoms with E-state index >= 15 is 0 Å². The second-order valence-corrected chi connectivity index (χ2v) is 4.18. The summed E-state index contributed by atoms with van der Waals surface area (Å²) in [6, 6.07) is -0.283. The van der Waals surface area contributed by atoms with Gasteiger partial charge in [0.05, 0.1) is 12.7 Å². The van der Waals surface area contributed by atoms with Crippen LogP contribution >= 0.6 is 0 Å². The Kier molecular flexibility index (Phi) is 6.42. The number of rotatable bonds is 8. The molecular weight excluding hydrogens is 250 g/mol. The summed E-state index contributed by atoms with van der Waals surface area (Å²) in [5.41, 5.74) is 0. The minimum atomic E-state index is -0.785. The Morgan fingerprint density at radius 1 is 1.32 bits per heavy atom. The molecule has 1 aromatic heterocycles. The molecule has 0 fully saturated rings. The summed E-state index contributed by atoms with van der Waals surface area (Å²) in [5, 5.41) is 13.7. The Balaban J connectivity index is 2.00. The average molecular weight is 269 g/mol. The molecule has 0 aliphatic rings. The van der Waals surface area contributed by atoms with Gasteiger partial charge >= 0.3 is 12.0 Å². The van der Waals surface area contributed by atoms with Crippen LogP contribution in [-0.4, -0.2) is 28.6 Å². The Bertz CT molecular complexity index is 417. The van der Waals surface area contributed by atoms with Gasteiger partial charge in [-0.25, -0.2) is 9.78 Å². The number of aromatic nitrogens is 1. The number of carboxylic acids is 1. The number of carbonyl (C=O) groups is 2. The quantitative estimate of drug-likeness (QED) is 0.619. The second kappa shape index (κ2) is 8.12. The lowest BCUT2D eigenvalue weighted by atomic mass is 10.2. The monoisotopic (exact) mass is 269 g/mol. The van der Waals surface area contributed by atoms with Crippen LogP contribution in [0.3, 0.4) is 0 Å². The molecule has 3 N–H and O–H groups in total. The number of hydrogen-bond donors (Lipinski definition) is 3. The van der Waals surface area contributed by atoms with E-state index in [0.717, 1.165) is 12.8 Å². The average Bonchev–Trinajstić information content (AvgIpc) is 2.76. The number of amides is 2. The van der Waals surface area contributed by atoms with Gasteiger partial charge in [-0.05, 0) is 19.8 Å². The first kappa shape index (κ1) is 15.0. The highest BCUT2D eigenvalue weighted by atomic mass is 16.4. The van der Waals surface area contributed by atoms with Crippen molar-refractivity contribution in [2.24, 2.45) is 0 Å². The van der Waals surface area contributed by atoms with Crippen LogP contribution in [0.1, 0.15) is 37.3 Å². The molecule has 0 spiro atoms. The number of aryl methyl sites for hydroxylation is 1. The lowest BCUT2D eigenvalue weighted by Gasteiger charge is -2.05. The van der Waals surface area contributed by atoms with Crippen molar-refractivity contribution >= 4 is 12.0 Å². The van der Waals surface area contributed by atoms with Gasteiger partial charge in [-0.3, -0.25) is 4.79 Å². The third kappa shape index (κ3) is 7.07. The van der Waals surface area contributed by atoms with Crippen LogP contribution in [0.15, 0.2) is 10.6 Å². The molecular formula is C12H19N3O4. The highest BCUT2D eigenvalue weighted by Crippen LogP contribution is 2.00. The molecule has 2 amide bonds. The van der Waals surface area contributed by atoms with E-state index in [1.165, 1.54) is 0 Å². The van der Waals surface area contributed by atoms with Gasteiger partial charge in [0, 0.05) is 13.0 Å². The summed E-state index contributed by atoms with van der Waals surface area (Å²) in [6.45, 7) is 2.56. The zero-order valence-corrected chi connectivity index (χ0v) is 10.9. The first-order chi connectivity index (χ1) is 9.08. The van der Waals surface area contributed by atoms with Crippen molar-refractivity contribution in [2.45, 2.75) is 39.2 Å². The number of hydrogen-bond acceptors (Lipinski definition) is 4. The predicted molar refractivity (Wildman–Crippen MR) is 67.6 cm³/mol. The number of carbonyl (C=O) groups excluding carboxylic acids is 1. The molecule has 0 saturated carbocycles. The molecule has 19 heavy (non-hydrogen) atoms. The molecule has 7 heteroatoms. The molecule has 0 bridgehead atoms. The number of urea groups is 1. The number of aliphatic carboxylic acids is 1. The van der Waals surface area contributed by atoms with E-state index in [4.69, 9.17) is 9.52 Å². The fraction of sp³-hybridized carbons (Fsp3) is 0.583. The molecule has 0 radical (unpaired) electrons. The maximum Gasteiger partial charge on any atom is 0.315 e. The number of nitrogens with one attached hydrogen (secondary N) is 2. The van der Waals surface area contributed by atoms with Gasteiger partial charge in [-0.15, -0.1) is 0 Å². The molecule has 1 aromatic rings. The van der Waals surface area contributed by atoms with E-state index in [1.807, 2.05) is 0 Å². The summed E-state index contributed by atoms with van der Waals surface area (Å²) in [6.07, 6.45) is 3.95. The lowest BCUT2D eigenvalue weighted by molar-refractivity contribution is -0.137. The molecule has 106 valence electrons. The van der Waals surface area contributed by atoms with E-state index < -0.39 is 5.97 Å². The number of oxazole rings is 1. The van der Waals surface area contributed by atoms with E-state index in [2.05, 4.69) is 15.6 Å². The summed E-state index contributed by atoms with van der Waals surface area (Å²) in [4.78, 5) is 25.6. The standard InChI is InChI=1S/C12H19N3O4/c1-9-7-14-10(19-9)8-15-12(18)13-6-4-2-3-5-11(16)17/h7H,2-6,8H2,1H3,(H,16,17)(H2,13,15,18). The van der Waals surface area contributed by atoms with Crippen molar-refractivity contribution in [3.8, 4) is 0 Å². The largest absolute Gasteiger partial charge is 0.481 e. The lowest BCUT2D eigenvalue weighted by Crippen LogP contribution is -2.35. The maximum atomic E-state index is 11.4. The molecule has 0 aliphatic carbocycles. The van der Waals surface area contributed by atoms with Gasteiger partial charge in [0.1, 0.15) is 5.76 Å². The first-order valence-corrected chi connectivity index (χ1v) is 6.22. The van der Waals surface area contributed by atoms with Crippen LogP contribution in [-0.2, 0) is 11.3 Å².